The standard InChI is InChI=1S/C10H9F3N4O4S/c11-10(12,13)6-2-7-5(1-4(6)3-14)8(18)17(9(19)15-7)16-22(20)21/h1-2,16H,3,14H2,(H,15,19)(H,20,21)/p-1. The molecule has 120 valence electrons. The lowest BCUT2D eigenvalue weighted by atomic mass is 10.0. The van der Waals surface area contributed by atoms with E-state index in [2.05, 4.69) is 0 Å². The number of benzene rings is 1. The maximum Gasteiger partial charge on any atom is 0.416 e. The number of aromatic amines is 1. The quantitative estimate of drug-likeness (QED) is 0.650. The molecule has 0 saturated heterocycles. The Morgan fingerprint density at radius 3 is 2.50 bits per heavy atom. The lowest BCUT2D eigenvalue weighted by molar-refractivity contribution is -0.138. The van der Waals surface area contributed by atoms with Gasteiger partial charge in [-0.15, -0.1) is 0 Å². The summed E-state index contributed by atoms with van der Waals surface area (Å²) in [4.78, 5) is 27.1. The Labute approximate surface area is 122 Å². The van der Waals surface area contributed by atoms with Gasteiger partial charge in [-0.3, -0.25) is 9.00 Å². The number of nitrogens with one attached hydrogen (secondary N) is 2. The predicted octanol–water partition coefficient (Wildman–Crippen LogP) is -0.495. The Morgan fingerprint density at radius 2 is 2.00 bits per heavy atom. The van der Waals surface area contributed by atoms with Crippen LogP contribution in [-0.4, -0.2) is 18.4 Å². The average Bonchev–Trinajstić information content (AvgIpc) is 2.41. The molecule has 1 aromatic heterocycles. The third kappa shape index (κ3) is 2.88. The Balaban J connectivity index is 2.85. The van der Waals surface area contributed by atoms with Crippen molar-refractivity contribution in [3.63, 3.8) is 0 Å². The second-order valence-electron chi connectivity index (χ2n) is 4.15. The minimum Gasteiger partial charge on any atom is -0.754 e. The number of rotatable bonds is 3. The van der Waals surface area contributed by atoms with E-state index in [1.165, 1.54) is 4.83 Å². The van der Waals surface area contributed by atoms with E-state index < -0.39 is 40.8 Å². The van der Waals surface area contributed by atoms with Crippen LogP contribution in [0.15, 0.2) is 21.7 Å². The van der Waals surface area contributed by atoms with Gasteiger partial charge in [0.05, 0.1) is 27.7 Å². The van der Waals surface area contributed by atoms with Crippen molar-refractivity contribution in [1.29, 1.82) is 0 Å². The van der Waals surface area contributed by atoms with Crippen LogP contribution in [0.4, 0.5) is 13.2 Å². The minimum atomic E-state index is -4.72. The van der Waals surface area contributed by atoms with Crippen LogP contribution in [0.2, 0.25) is 0 Å². The summed E-state index contributed by atoms with van der Waals surface area (Å²) < 4.78 is 59.8. The van der Waals surface area contributed by atoms with Crippen molar-refractivity contribution >= 4 is 22.2 Å². The van der Waals surface area contributed by atoms with E-state index in [1.54, 1.807) is 0 Å². The van der Waals surface area contributed by atoms with Crippen LogP contribution in [0, 0.1) is 0 Å². The number of halogens is 3. The molecule has 0 radical (unpaired) electrons. The highest BCUT2D eigenvalue weighted by molar-refractivity contribution is 7.80. The van der Waals surface area contributed by atoms with Crippen LogP contribution < -0.4 is 21.8 Å². The number of hydrogen-bond donors (Lipinski definition) is 3. The van der Waals surface area contributed by atoms with Crippen molar-refractivity contribution in [2.24, 2.45) is 5.73 Å². The van der Waals surface area contributed by atoms with Gasteiger partial charge in [-0.1, -0.05) is 0 Å². The van der Waals surface area contributed by atoms with Gasteiger partial charge in [0.1, 0.15) is 0 Å². The molecule has 0 aliphatic heterocycles. The third-order valence-electron chi connectivity index (χ3n) is 2.81. The molecule has 1 atom stereocenters. The Hall–Kier alpha value is -2.18. The van der Waals surface area contributed by atoms with Gasteiger partial charge in [0.15, 0.2) is 0 Å². The highest BCUT2D eigenvalue weighted by atomic mass is 32.2. The second-order valence-corrected chi connectivity index (χ2v) is 4.81. The number of alkyl halides is 3. The molecule has 2 rings (SSSR count). The number of aromatic nitrogens is 2. The van der Waals surface area contributed by atoms with Gasteiger partial charge in [-0.2, -0.15) is 17.8 Å². The summed E-state index contributed by atoms with van der Waals surface area (Å²) in [7, 11) is 0. The lowest BCUT2D eigenvalue weighted by Gasteiger charge is -2.14. The first-order valence-electron chi connectivity index (χ1n) is 5.60. The molecule has 4 N–H and O–H groups in total. The fraction of sp³-hybridized carbons (Fsp3) is 0.200. The largest absolute Gasteiger partial charge is 0.754 e. The van der Waals surface area contributed by atoms with E-state index in [0.717, 1.165) is 6.07 Å². The van der Waals surface area contributed by atoms with Gasteiger partial charge in [-0.05, 0) is 17.7 Å². The van der Waals surface area contributed by atoms with E-state index in [9.17, 15) is 31.5 Å². The van der Waals surface area contributed by atoms with Gasteiger partial charge >= 0.3 is 11.9 Å². The third-order valence-corrected chi connectivity index (χ3v) is 3.14. The Kier molecular flexibility index (Phi) is 4.08. The Bertz CT molecular complexity index is 873. The topological polar surface area (TPSA) is 133 Å². The zero-order chi connectivity index (χ0) is 16.7. The van der Waals surface area contributed by atoms with E-state index in [-0.39, 0.29) is 21.1 Å². The molecule has 0 spiro atoms. The molecule has 22 heavy (non-hydrogen) atoms. The molecular formula is C10H8F3N4O4S-. The first-order valence-corrected chi connectivity index (χ1v) is 6.67. The van der Waals surface area contributed by atoms with Crippen LogP contribution in [0.25, 0.3) is 10.9 Å². The van der Waals surface area contributed by atoms with Crippen LogP contribution in [0.5, 0.6) is 0 Å². The molecule has 8 nitrogen and oxygen atoms in total. The monoisotopic (exact) mass is 337 g/mol. The summed E-state index contributed by atoms with van der Waals surface area (Å²) in [5.41, 5.74) is 1.07. The number of nitrogens with zero attached hydrogens (tertiary/aromatic N) is 1. The van der Waals surface area contributed by atoms with Crippen molar-refractivity contribution < 1.29 is 21.9 Å². The lowest BCUT2D eigenvalue weighted by Crippen LogP contribution is -2.42. The summed E-state index contributed by atoms with van der Waals surface area (Å²) in [6.07, 6.45) is -4.72. The normalized spacial score (nSPS) is 13.3. The highest BCUT2D eigenvalue weighted by Gasteiger charge is 2.33. The first-order chi connectivity index (χ1) is 10.1. The Morgan fingerprint density at radius 1 is 1.36 bits per heavy atom. The molecule has 2 aromatic rings. The number of hydrogen-bond acceptors (Lipinski definition) is 5. The molecular weight excluding hydrogens is 329 g/mol. The zero-order valence-corrected chi connectivity index (χ0v) is 11.4. The molecule has 0 aliphatic rings. The summed E-state index contributed by atoms with van der Waals surface area (Å²) in [5, 5.41) is -0.314. The van der Waals surface area contributed by atoms with E-state index in [0.29, 0.717) is 6.07 Å². The average molecular weight is 337 g/mol. The van der Waals surface area contributed by atoms with Crippen LogP contribution in [0.1, 0.15) is 11.1 Å². The van der Waals surface area contributed by atoms with Crippen molar-refractivity contribution in [3.05, 3.63) is 44.1 Å². The first kappa shape index (κ1) is 16.2. The summed E-state index contributed by atoms with van der Waals surface area (Å²) in [5.74, 6) is 0. The minimum absolute atomic E-state index is 0.124. The summed E-state index contributed by atoms with van der Waals surface area (Å²) in [6, 6.07) is 1.45. The van der Waals surface area contributed by atoms with Gasteiger partial charge in [0, 0.05) is 6.54 Å². The van der Waals surface area contributed by atoms with Crippen molar-refractivity contribution in [2.75, 3.05) is 4.83 Å². The zero-order valence-electron chi connectivity index (χ0n) is 10.6. The fourth-order valence-corrected chi connectivity index (χ4v) is 2.21. The summed E-state index contributed by atoms with van der Waals surface area (Å²) in [6.45, 7) is -0.496. The molecule has 0 aliphatic carbocycles. The molecule has 0 saturated carbocycles. The molecule has 0 bridgehead atoms. The van der Waals surface area contributed by atoms with Gasteiger partial charge in [-0.25, -0.2) is 9.63 Å². The van der Waals surface area contributed by atoms with Crippen molar-refractivity contribution in [1.82, 2.24) is 9.66 Å². The number of H-pyrrole nitrogens is 1. The van der Waals surface area contributed by atoms with Crippen LogP contribution in [-0.2, 0) is 24.0 Å². The highest BCUT2D eigenvalue weighted by Crippen LogP contribution is 2.33. The van der Waals surface area contributed by atoms with Crippen molar-refractivity contribution in [2.45, 2.75) is 12.7 Å². The number of fused-ring (bicyclic) bond motifs is 1. The SMILES string of the molecule is NCc1cc2c(=O)n(NS(=O)[O-])c(=O)[nH]c2cc1C(F)(F)F. The molecule has 1 aromatic carbocycles. The second kappa shape index (κ2) is 5.55. The molecule has 12 heteroatoms. The maximum atomic E-state index is 12.9. The molecule has 0 fully saturated rings. The van der Waals surface area contributed by atoms with Gasteiger partial charge < -0.3 is 15.3 Å². The van der Waals surface area contributed by atoms with Crippen molar-refractivity contribution in [3.8, 4) is 0 Å². The maximum absolute atomic E-state index is 12.9. The predicted molar refractivity (Wildman–Crippen MR) is 70.0 cm³/mol. The number of nitrogens with two attached hydrogens (primary N) is 1. The smallest absolute Gasteiger partial charge is 0.416 e. The fourth-order valence-electron chi connectivity index (χ4n) is 1.90. The van der Waals surface area contributed by atoms with Gasteiger partial charge in [0.25, 0.3) is 5.56 Å². The molecule has 1 unspecified atom stereocenters. The van der Waals surface area contributed by atoms with E-state index in [4.69, 9.17) is 5.73 Å². The summed E-state index contributed by atoms with van der Waals surface area (Å²) >= 11 is -2.97. The van der Waals surface area contributed by atoms with E-state index >= 15 is 0 Å². The van der Waals surface area contributed by atoms with E-state index in [1.807, 2.05) is 4.98 Å². The molecule has 0 amide bonds. The van der Waals surface area contributed by atoms with Gasteiger partial charge in [0.2, 0.25) is 0 Å². The molecule has 1 heterocycles. The van der Waals surface area contributed by atoms with Crippen LogP contribution in [0.3, 0.4) is 0 Å². The van der Waals surface area contributed by atoms with Crippen LogP contribution >= 0.6 is 0 Å².